The summed E-state index contributed by atoms with van der Waals surface area (Å²) in [6.45, 7) is 26.3. The third-order valence-electron chi connectivity index (χ3n) is 28.0. The van der Waals surface area contributed by atoms with Gasteiger partial charge in [0.2, 0.25) is 23.6 Å². The first kappa shape index (κ1) is 92.9. The van der Waals surface area contributed by atoms with Gasteiger partial charge in [0.05, 0.1) is 118 Å². The molecular weight excluding hydrogens is 1830 g/mol. The molecule has 24 rings (SSSR count). The van der Waals surface area contributed by atoms with Gasteiger partial charge in [0.25, 0.3) is 0 Å². The second kappa shape index (κ2) is 36.4. The number of carbonyl (C=O) groups is 4. The fourth-order valence-electron chi connectivity index (χ4n) is 19.2. The summed E-state index contributed by atoms with van der Waals surface area (Å²) in [6.07, 6.45) is 35.7. The topological polar surface area (TPSA) is 509 Å². The molecule has 4 aliphatic carbocycles. The maximum absolute atomic E-state index is 12.9. The Hall–Kier alpha value is -18.4. The smallest absolute Gasteiger partial charge is 0.229 e. The number of carbonyl (C=O) groups excluding carboxylic acids is 4. The molecule has 40 nitrogen and oxygen atoms in total. The van der Waals surface area contributed by atoms with Gasteiger partial charge in [-0.05, 0) is 199 Å². The SMILES string of the molecule is C=C1c2nc(C)c(-c3cc4cc(NC(=O)[C@@H]5C[C@H]5c5cnn(C)c5)ncc4c(N)n3)cc2C=NN1C.C=C1c2nc(C)c(-c3cc4cc(NC(=O)[C@H]5C[C@@H]5c5cnn(C)c5)ncc4c(N)n3)c(C)c2C=NN1C.C=C1c2ncc(-c3cc4cc(NC(=O)[C@@H]5C[C@H]5c5cnn(C)c5)ncc4c(N)n3)c(C)c2C=NN1C.C=C1c2ncc(-c3cc4cc(NC(=O)[C@H]5C[C@@H]5c5cnn(C)c5)ncc4c(N)n3)c(C)c2C=NN1C. The number of amides is 4. The van der Waals surface area contributed by atoms with Crippen molar-refractivity contribution in [2.75, 3.05) is 72.4 Å². The minimum atomic E-state index is -0.0814. The highest BCUT2D eigenvalue weighted by Crippen LogP contribution is 2.52. The molecule has 4 aliphatic heterocycles. The number of hydrogen-bond donors (Lipinski definition) is 8. The second-order valence-corrected chi connectivity index (χ2v) is 37.8. The lowest BCUT2D eigenvalue weighted by molar-refractivity contribution is -0.118. The number of aryl methyl sites for hydroxylation is 6. The van der Waals surface area contributed by atoms with Crippen LogP contribution in [-0.4, -0.2) is 196 Å². The maximum Gasteiger partial charge on any atom is 0.229 e. The molecule has 16 aromatic rings. The first-order valence-corrected chi connectivity index (χ1v) is 46.9. The first-order chi connectivity index (χ1) is 69.6. The average Bonchev–Trinajstić information content (AvgIpc) is 1.76. The molecule has 8 atom stereocenters. The Bertz CT molecular complexity index is 7920. The number of hydrogen-bond acceptors (Lipinski definition) is 32. The molecule has 145 heavy (non-hydrogen) atoms. The second-order valence-electron chi connectivity index (χ2n) is 37.8. The van der Waals surface area contributed by atoms with E-state index in [4.69, 9.17) is 32.9 Å². The van der Waals surface area contributed by atoms with Crippen LogP contribution in [0.5, 0.6) is 0 Å². The van der Waals surface area contributed by atoms with Crippen LogP contribution in [0.3, 0.4) is 0 Å². The Morgan fingerprint density at radius 1 is 0.317 bits per heavy atom. The molecule has 4 amide bonds. The number of aromatic nitrogens is 20. The van der Waals surface area contributed by atoms with E-state index in [0.717, 1.165) is 209 Å². The number of fused-ring (bicyclic) bond motifs is 8. The van der Waals surface area contributed by atoms with Crippen molar-refractivity contribution < 1.29 is 19.2 Å². The van der Waals surface area contributed by atoms with Gasteiger partial charge in [-0.15, -0.1) is 0 Å². The highest BCUT2D eigenvalue weighted by atomic mass is 16.2. The van der Waals surface area contributed by atoms with E-state index in [0.29, 0.717) is 69.3 Å². The first-order valence-electron chi connectivity index (χ1n) is 46.9. The standard InChI is InChI=1S/C27H27N9O.3C26H25N9O/c1-13-20-11-31-36(5)15(3)25(20)32-14(2)24(13)22-6-16-7-23(29-10-21(16)26(28)33-22)34-27(37)19-8-18(19)17-9-30-35(4)12-17;1-13-18(5-16-9-30-35(4)14(2)24(16)31-13)22-6-15-7-23(28-11-21(15)25(27)32-22)33-26(36)20-8-19(20)17-10-29-34(3)12-17;2*1-13-19(9-29-24-14(2)35(4)31-11-20(13)24)22-5-15-6-23(28-10-21(15)25(27)32-22)33-26(36)18-7-17(18)16-8-30-34(3)12-16/h6-7,9-12,18-19H,3,8H2,1-2,4-5H3,(H2,28,33)(H,29,34,37);5-7,9-12,19-20H,2,8H2,1,3-4H3,(H2,27,32)(H,28,33,36);2*5-6,8-12,17-18H,2,7H2,1,3-4H3,(H2,27,32)(H,28,33,36)/t18-,19+;19-,20+;2*17-,18+/m1010/s1. The molecule has 0 spiro atoms. The van der Waals surface area contributed by atoms with E-state index >= 15 is 0 Å². The van der Waals surface area contributed by atoms with Crippen LogP contribution in [0.15, 0.2) is 188 Å². The van der Waals surface area contributed by atoms with Crippen molar-refractivity contribution in [1.29, 1.82) is 0 Å². The molecule has 12 N–H and O–H groups in total. The van der Waals surface area contributed by atoms with Gasteiger partial charge in [0, 0.05) is 219 Å². The summed E-state index contributed by atoms with van der Waals surface area (Å²) in [5, 5.41) is 59.2. The van der Waals surface area contributed by atoms with Gasteiger partial charge in [-0.1, -0.05) is 26.3 Å². The number of rotatable bonds is 16. The highest BCUT2D eigenvalue weighted by Gasteiger charge is 2.48. The number of pyridine rings is 12. The number of nitrogens with two attached hydrogens (primary N) is 4. The molecule has 20 heterocycles. The van der Waals surface area contributed by atoms with Crippen LogP contribution in [0.2, 0.25) is 0 Å². The normalized spacial score (nSPS) is 18.4. The molecule has 0 aromatic carbocycles. The van der Waals surface area contributed by atoms with Crippen molar-refractivity contribution in [2.45, 2.75) is 84.0 Å². The van der Waals surface area contributed by atoms with Gasteiger partial charge in [-0.25, -0.2) is 39.9 Å². The summed E-state index contributed by atoms with van der Waals surface area (Å²) < 4.78 is 7.02. The van der Waals surface area contributed by atoms with E-state index in [1.807, 2.05) is 195 Å². The zero-order valence-corrected chi connectivity index (χ0v) is 81.8. The number of nitrogens with zero attached hydrogens (tertiary/aromatic N) is 28. The zero-order chi connectivity index (χ0) is 101. The van der Waals surface area contributed by atoms with Crippen LogP contribution in [0, 0.1) is 58.3 Å². The zero-order valence-electron chi connectivity index (χ0n) is 81.8. The largest absolute Gasteiger partial charge is 0.383 e. The fourth-order valence-corrected chi connectivity index (χ4v) is 19.2. The van der Waals surface area contributed by atoms with Crippen molar-refractivity contribution in [2.24, 2.45) is 72.3 Å². The highest BCUT2D eigenvalue weighted by molar-refractivity contribution is 6.06. The summed E-state index contributed by atoms with van der Waals surface area (Å²) in [6, 6.07) is 17.1. The Morgan fingerprint density at radius 3 is 0.938 bits per heavy atom. The molecule has 40 heteroatoms. The number of hydrazone groups is 4. The quantitative estimate of drug-likeness (QED) is 0.0445. The van der Waals surface area contributed by atoms with Crippen LogP contribution in [-0.2, 0) is 47.4 Å². The molecule has 4 saturated carbocycles. The van der Waals surface area contributed by atoms with Crippen molar-refractivity contribution in [1.82, 2.24) is 119 Å². The predicted molar refractivity (Wildman–Crippen MR) is 561 cm³/mol. The van der Waals surface area contributed by atoms with Crippen LogP contribution in [0.4, 0.5) is 46.5 Å². The summed E-state index contributed by atoms with van der Waals surface area (Å²) in [5.41, 5.74) is 50.2. The van der Waals surface area contributed by atoms with E-state index in [2.05, 4.69) is 138 Å². The van der Waals surface area contributed by atoms with E-state index < -0.39 is 0 Å². The Labute approximate surface area is 831 Å². The molecule has 726 valence electrons. The number of nitrogens with one attached hydrogen (secondary N) is 4. The van der Waals surface area contributed by atoms with Crippen LogP contribution >= 0.6 is 0 Å². The molecule has 0 radical (unpaired) electrons. The molecule has 8 aliphatic rings. The summed E-state index contributed by atoms with van der Waals surface area (Å²) >= 11 is 0. The van der Waals surface area contributed by atoms with Gasteiger partial charge >= 0.3 is 0 Å². The molecule has 0 bridgehead atoms. The number of anilines is 8. The van der Waals surface area contributed by atoms with E-state index in [9.17, 15) is 19.2 Å². The Morgan fingerprint density at radius 2 is 0.607 bits per heavy atom. The molecular formula is C105H102N36O4. The van der Waals surface area contributed by atoms with Crippen molar-refractivity contribution in [3.05, 3.63) is 263 Å². The van der Waals surface area contributed by atoms with Gasteiger partial charge in [0.15, 0.2) is 0 Å². The van der Waals surface area contributed by atoms with Gasteiger partial charge in [-0.2, -0.15) is 40.8 Å². The van der Waals surface area contributed by atoms with Gasteiger partial charge < -0.3 is 44.2 Å². The lowest BCUT2D eigenvalue weighted by Gasteiger charge is -2.24. The van der Waals surface area contributed by atoms with Crippen molar-refractivity contribution in [3.8, 4) is 45.0 Å². The van der Waals surface area contributed by atoms with Gasteiger partial charge in [-0.3, -0.25) is 77.9 Å². The van der Waals surface area contributed by atoms with Crippen molar-refractivity contribution in [3.63, 3.8) is 0 Å². The van der Waals surface area contributed by atoms with E-state index in [-0.39, 0.29) is 71.0 Å². The van der Waals surface area contributed by atoms with Gasteiger partial charge in [0.1, 0.15) is 46.5 Å². The monoisotopic (exact) mass is 1930 g/mol. The lowest BCUT2D eigenvalue weighted by Crippen LogP contribution is -2.19. The Kier molecular flexibility index (Phi) is 23.3. The fraction of sp³-hybridized carbons (Fsp3) is 0.238. The van der Waals surface area contributed by atoms with Crippen LogP contribution in [0.1, 0.15) is 145 Å². The molecule has 4 fully saturated rings. The summed E-state index contributed by atoms with van der Waals surface area (Å²) in [7, 11) is 14.9. The maximum atomic E-state index is 12.9. The lowest BCUT2D eigenvalue weighted by atomic mass is 9.95. The summed E-state index contributed by atoms with van der Waals surface area (Å²) in [5.74, 6) is 3.67. The third-order valence-corrected chi connectivity index (χ3v) is 28.0. The van der Waals surface area contributed by atoms with E-state index in [1.165, 1.54) is 0 Å². The molecule has 16 aromatic heterocycles. The Balaban J connectivity index is 0.000000114. The third kappa shape index (κ3) is 17.9. The number of nitrogen functional groups attached to an aromatic ring is 4. The summed E-state index contributed by atoms with van der Waals surface area (Å²) in [4.78, 5) is 106. The minimum Gasteiger partial charge on any atom is -0.383 e. The molecule has 0 saturated heterocycles. The van der Waals surface area contributed by atoms with E-state index in [1.54, 1.807) is 101 Å². The van der Waals surface area contributed by atoms with Crippen molar-refractivity contribution >= 4 is 161 Å². The molecule has 0 unspecified atom stereocenters. The minimum absolute atomic E-state index is 0.0435. The van der Waals surface area contributed by atoms with Crippen LogP contribution in [0.25, 0.3) is 111 Å². The average molecular weight is 1930 g/mol. The predicted octanol–water partition coefficient (Wildman–Crippen LogP) is 13.5. The van der Waals surface area contributed by atoms with Crippen LogP contribution < -0.4 is 44.2 Å².